The fourth-order valence-electron chi connectivity index (χ4n) is 2.67. The first-order valence-electron chi connectivity index (χ1n) is 7.22. The highest BCUT2D eigenvalue weighted by Gasteiger charge is 2.25. The number of fused-ring (bicyclic) bond motifs is 1. The molecule has 1 aromatic heterocycles. The first-order valence-corrected chi connectivity index (χ1v) is 7.22. The van der Waals surface area contributed by atoms with Crippen LogP contribution in [0, 0.1) is 0 Å². The lowest BCUT2D eigenvalue weighted by atomic mass is 10.0. The number of nitrogens with zero attached hydrogens (tertiary/aromatic N) is 2. The number of alkyl halides is 2. The molecule has 1 unspecified atom stereocenters. The highest BCUT2D eigenvalue weighted by Crippen LogP contribution is 2.26. The van der Waals surface area contributed by atoms with Crippen molar-refractivity contribution in [2.45, 2.75) is 38.3 Å². The van der Waals surface area contributed by atoms with Crippen molar-refractivity contribution in [3.63, 3.8) is 0 Å². The molecular weight excluding hydrogens is 288 g/mol. The molecule has 4 nitrogen and oxygen atoms in total. The van der Waals surface area contributed by atoms with E-state index in [-0.39, 0.29) is 17.5 Å². The molecule has 1 aromatic carbocycles. The van der Waals surface area contributed by atoms with E-state index in [4.69, 9.17) is 0 Å². The van der Waals surface area contributed by atoms with E-state index >= 15 is 0 Å². The normalized spacial score (nSPS) is 17.9. The summed E-state index contributed by atoms with van der Waals surface area (Å²) in [5.41, 5.74) is 1.47. The lowest BCUT2D eigenvalue weighted by Crippen LogP contribution is -2.40. The maximum absolute atomic E-state index is 13.2. The van der Waals surface area contributed by atoms with Gasteiger partial charge in [-0.3, -0.25) is 4.79 Å². The second-order valence-corrected chi connectivity index (χ2v) is 5.71. The molecule has 0 saturated carbocycles. The van der Waals surface area contributed by atoms with E-state index in [1.165, 1.54) is 30.0 Å². The minimum absolute atomic E-state index is 0.0292. The molecule has 2 aromatic rings. The van der Waals surface area contributed by atoms with E-state index in [0.717, 1.165) is 19.8 Å². The predicted octanol–water partition coefficient (Wildman–Crippen LogP) is 2.74. The van der Waals surface area contributed by atoms with Crippen LogP contribution in [0.3, 0.4) is 0 Å². The Kier molecular flexibility index (Phi) is 3.68. The molecule has 3 rings (SSSR count). The van der Waals surface area contributed by atoms with Crippen LogP contribution in [0.15, 0.2) is 36.8 Å². The topological polar surface area (TPSA) is 46.9 Å². The molecular formula is C16H17F2N3O. The smallest absolute Gasteiger partial charge is 0.270 e. The average molecular weight is 305 g/mol. The molecule has 0 spiro atoms. The maximum Gasteiger partial charge on any atom is 0.270 e. The number of hydrogen-bond acceptors (Lipinski definition) is 2. The highest BCUT2D eigenvalue weighted by molar-refractivity contribution is 5.94. The number of carbonyl (C=O) groups excluding carboxylic acids is 1. The van der Waals surface area contributed by atoms with Gasteiger partial charge in [0.2, 0.25) is 0 Å². The van der Waals surface area contributed by atoms with Crippen LogP contribution < -0.4 is 5.32 Å². The Labute approximate surface area is 127 Å². The number of carbonyl (C=O) groups is 1. The largest absolute Gasteiger partial charge is 0.347 e. The Morgan fingerprint density at radius 1 is 1.36 bits per heavy atom. The molecule has 0 saturated heterocycles. The van der Waals surface area contributed by atoms with Crippen LogP contribution in [-0.2, 0) is 18.9 Å². The third-order valence-corrected chi connectivity index (χ3v) is 3.95. The maximum atomic E-state index is 13.2. The Bertz CT molecular complexity index is 673. The van der Waals surface area contributed by atoms with Crippen LogP contribution in [-0.4, -0.2) is 21.5 Å². The third kappa shape index (κ3) is 3.00. The van der Waals surface area contributed by atoms with Gasteiger partial charge < -0.3 is 9.88 Å². The molecule has 2 heterocycles. The molecule has 0 radical (unpaired) electrons. The SMILES string of the molecule is CC(F)(F)c1ccc(C(=O)NC2CCc3cncn3C2)cc1. The molecule has 1 aliphatic heterocycles. The predicted molar refractivity (Wildman–Crippen MR) is 77.8 cm³/mol. The molecule has 0 aliphatic carbocycles. The van der Waals surface area contributed by atoms with Crippen LogP contribution in [0.1, 0.15) is 35.0 Å². The molecule has 1 N–H and O–H groups in total. The molecule has 0 fully saturated rings. The summed E-state index contributed by atoms with van der Waals surface area (Å²) in [4.78, 5) is 16.3. The van der Waals surface area contributed by atoms with Gasteiger partial charge in [0.25, 0.3) is 11.8 Å². The van der Waals surface area contributed by atoms with Gasteiger partial charge in [-0.2, -0.15) is 0 Å². The Morgan fingerprint density at radius 3 is 2.77 bits per heavy atom. The summed E-state index contributed by atoms with van der Waals surface area (Å²) in [6, 6.07) is 5.50. The monoisotopic (exact) mass is 305 g/mol. The third-order valence-electron chi connectivity index (χ3n) is 3.95. The van der Waals surface area contributed by atoms with Crippen molar-refractivity contribution in [3.05, 3.63) is 53.6 Å². The van der Waals surface area contributed by atoms with Gasteiger partial charge in [-0.1, -0.05) is 12.1 Å². The van der Waals surface area contributed by atoms with E-state index in [2.05, 4.69) is 10.3 Å². The molecule has 1 aliphatic rings. The number of amides is 1. The van der Waals surface area contributed by atoms with Gasteiger partial charge in [0, 0.05) is 42.5 Å². The van der Waals surface area contributed by atoms with E-state index in [1.54, 1.807) is 6.33 Å². The van der Waals surface area contributed by atoms with Crippen molar-refractivity contribution in [1.29, 1.82) is 0 Å². The lowest BCUT2D eigenvalue weighted by molar-refractivity contribution is 0.0174. The standard InChI is InChI=1S/C16H17F2N3O/c1-16(17,18)12-4-2-11(3-5-12)15(22)20-13-6-7-14-8-19-10-21(14)9-13/h2-5,8,10,13H,6-7,9H2,1H3,(H,20,22). The van der Waals surface area contributed by atoms with Gasteiger partial charge in [-0.05, 0) is 25.0 Å². The number of benzene rings is 1. The Hall–Kier alpha value is -2.24. The van der Waals surface area contributed by atoms with Crippen LogP contribution in [0.5, 0.6) is 0 Å². The zero-order valence-corrected chi connectivity index (χ0v) is 12.2. The lowest BCUT2D eigenvalue weighted by Gasteiger charge is -2.25. The number of hydrogen-bond donors (Lipinski definition) is 1. The molecule has 1 amide bonds. The molecule has 0 bridgehead atoms. The van der Waals surface area contributed by atoms with Crippen molar-refractivity contribution < 1.29 is 13.6 Å². The highest BCUT2D eigenvalue weighted by atomic mass is 19.3. The van der Waals surface area contributed by atoms with Crippen LogP contribution in [0.4, 0.5) is 8.78 Å². The summed E-state index contributed by atoms with van der Waals surface area (Å²) in [6.07, 6.45) is 5.31. The van der Waals surface area contributed by atoms with Crippen molar-refractivity contribution in [3.8, 4) is 0 Å². The number of aromatic nitrogens is 2. The second-order valence-electron chi connectivity index (χ2n) is 5.71. The summed E-state index contributed by atoms with van der Waals surface area (Å²) in [5.74, 6) is -3.13. The van der Waals surface area contributed by atoms with Gasteiger partial charge in [0.1, 0.15) is 0 Å². The minimum Gasteiger partial charge on any atom is -0.347 e. The number of rotatable bonds is 3. The summed E-state index contributed by atoms with van der Waals surface area (Å²) in [7, 11) is 0. The quantitative estimate of drug-likeness (QED) is 0.948. The zero-order chi connectivity index (χ0) is 15.7. The van der Waals surface area contributed by atoms with E-state index < -0.39 is 5.92 Å². The Morgan fingerprint density at radius 2 is 2.09 bits per heavy atom. The van der Waals surface area contributed by atoms with Gasteiger partial charge >= 0.3 is 0 Å². The van der Waals surface area contributed by atoms with Crippen LogP contribution >= 0.6 is 0 Å². The summed E-state index contributed by atoms with van der Waals surface area (Å²) in [6.45, 7) is 1.53. The number of imidazole rings is 1. The first kappa shape index (κ1) is 14.7. The van der Waals surface area contributed by atoms with Crippen molar-refractivity contribution >= 4 is 5.91 Å². The number of aryl methyl sites for hydroxylation is 1. The summed E-state index contributed by atoms with van der Waals surface area (Å²) in [5, 5.41) is 2.95. The molecule has 1 atom stereocenters. The minimum atomic E-state index is -2.89. The van der Waals surface area contributed by atoms with Crippen molar-refractivity contribution in [1.82, 2.24) is 14.9 Å². The first-order chi connectivity index (χ1) is 10.4. The zero-order valence-electron chi connectivity index (χ0n) is 12.2. The number of halogens is 2. The van der Waals surface area contributed by atoms with Gasteiger partial charge in [-0.25, -0.2) is 13.8 Å². The van der Waals surface area contributed by atoms with Gasteiger partial charge in [0.05, 0.1) is 6.33 Å². The van der Waals surface area contributed by atoms with Gasteiger partial charge in [-0.15, -0.1) is 0 Å². The molecule has 22 heavy (non-hydrogen) atoms. The summed E-state index contributed by atoms with van der Waals surface area (Å²) < 4.78 is 28.3. The van der Waals surface area contributed by atoms with Crippen LogP contribution in [0.2, 0.25) is 0 Å². The fourth-order valence-corrected chi connectivity index (χ4v) is 2.67. The van der Waals surface area contributed by atoms with E-state index in [1.807, 2.05) is 10.8 Å². The van der Waals surface area contributed by atoms with Crippen LogP contribution in [0.25, 0.3) is 0 Å². The van der Waals surface area contributed by atoms with E-state index in [9.17, 15) is 13.6 Å². The fraction of sp³-hybridized carbons (Fsp3) is 0.375. The molecule has 6 heteroatoms. The number of nitrogens with one attached hydrogen (secondary N) is 1. The second kappa shape index (κ2) is 5.51. The Balaban J connectivity index is 1.65. The summed E-state index contributed by atoms with van der Waals surface area (Å²) >= 11 is 0. The van der Waals surface area contributed by atoms with Crippen molar-refractivity contribution in [2.75, 3.05) is 0 Å². The average Bonchev–Trinajstić information content (AvgIpc) is 2.94. The van der Waals surface area contributed by atoms with E-state index in [0.29, 0.717) is 12.1 Å². The van der Waals surface area contributed by atoms with Crippen molar-refractivity contribution in [2.24, 2.45) is 0 Å². The molecule has 116 valence electrons. The van der Waals surface area contributed by atoms with Gasteiger partial charge in [0.15, 0.2) is 0 Å².